The van der Waals surface area contributed by atoms with Crippen LogP contribution in [-0.2, 0) is 11.8 Å². The molecule has 0 heterocycles. The molecule has 0 radical (unpaired) electrons. The molecular weight excluding hydrogens is 230 g/mol. The second-order valence-electron chi connectivity index (χ2n) is 5.97. The molecule has 1 aliphatic carbocycles. The van der Waals surface area contributed by atoms with E-state index in [1.54, 1.807) is 0 Å². The highest BCUT2D eigenvalue weighted by molar-refractivity contribution is 5.44. The number of aryl methyl sites for hydroxylation is 1. The third-order valence-electron chi connectivity index (χ3n) is 4.75. The number of fused-ring (bicyclic) bond motifs is 1. The molecule has 0 amide bonds. The summed E-state index contributed by atoms with van der Waals surface area (Å²) in [4.78, 5) is 0. The van der Waals surface area contributed by atoms with Gasteiger partial charge in [0, 0.05) is 0 Å². The van der Waals surface area contributed by atoms with Gasteiger partial charge in [0.15, 0.2) is 0 Å². The molecule has 1 heteroatoms. The molecular formula is C18H25N. The van der Waals surface area contributed by atoms with Gasteiger partial charge >= 0.3 is 0 Å². The highest BCUT2D eigenvalue weighted by atomic mass is 14.4. The van der Waals surface area contributed by atoms with E-state index in [0.29, 0.717) is 5.92 Å². The Kier molecular flexibility index (Phi) is 4.64. The van der Waals surface area contributed by atoms with Gasteiger partial charge in [-0.25, -0.2) is 0 Å². The molecule has 0 spiro atoms. The van der Waals surface area contributed by atoms with Gasteiger partial charge in [-0.2, -0.15) is 5.26 Å². The van der Waals surface area contributed by atoms with E-state index < -0.39 is 0 Å². The lowest BCUT2D eigenvalue weighted by molar-refractivity contribution is 0.339. The van der Waals surface area contributed by atoms with Crippen LogP contribution in [0.4, 0.5) is 0 Å². The Labute approximate surface area is 117 Å². The second-order valence-corrected chi connectivity index (χ2v) is 5.97. The number of nitrogens with zero attached hydrogens (tertiary/aromatic N) is 1. The van der Waals surface area contributed by atoms with Gasteiger partial charge in [0.25, 0.3) is 0 Å². The highest BCUT2D eigenvalue weighted by Gasteiger charge is 2.39. The van der Waals surface area contributed by atoms with E-state index in [1.807, 2.05) is 0 Å². The van der Waals surface area contributed by atoms with Gasteiger partial charge in [-0.3, -0.25) is 0 Å². The molecule has 102 valence electrons. The predicted octanol–water partition coefficient (Wildman–Crippen LogP) is 5.00. The quantitative estimate of drug-likeness (QED) is 0.701. The fourth-order valence-electron chi connectivity index (χ4n) is 3.50. The molecule has 0 bridgehead atoms. The molecule has 1 aliphatic rings. The van der Waals surface area contributed by atoms with Crippen molar-refractivity contribution in [3.63, 3.8) is 0 Å². The van der Waals surface area contributed by atoms with E-state index in [9.17, 15) is 5.26 Å². The zero-order valence-corrected chi connectivity index (χ0v) is 12.3. The Balaban J connectivity index is 2.19. The fourth-order valence-corrected chi connectivity index (χ4v) is 3.50. The summed E-state index contributed by atoms with van der Waals surface area (Å²) in [6, 6.07) is 11.2. The summed E-state index contributed by atoms with van der Waals surface area (Å²) in [7, 11) is 0. The first-order valence-corrected chi connectivity index (χ1v) is 7.75. The summed E-state index contributed by atoms with van der Waals surface area (Å²) in [5.74, 6) is 0.700. The topological polar surface area (TPSA) is 23.8 Å². The van der Waals surface area contributed by atoms with Crippen LogP contribution < -0.4 is 0 Å². The minimum Gasteiger partial charge on any atom is -0.197 e. The van der Waals surface area contributed by atoms with E-state index in [2.05, 4.69) is 44.2 Å². The molecule has 1 aromatic rings. The van der Waals surface area contributed by atoms with Crippen molar-refractivity contribution in [3.8, 4) is 6.07 Å². The molecule has 0 fully saturated rings. The van der Waals surface area contributed by atoms with E-state index in [0.717, 1.165) is 19.3 Å². The Hall–Kier alpha value is -1.29. The number of unbranched alkanes of at least 4 members (excludes halogenated alkanes) is 1. The van der Waals surface area contributed by atoms with Gasteiger partial charge in [0.05, 0.1) is 11.5 Å². The SMILES string of the molecule is CCCCC(CC)CC1(C#N)CCc2ccccc21. The average molecular weight is 255 g/mol. The van der Waals surface area contributed by atoms with Crippen molar-refractivity contribution in [2.45, 2.75) is 64.2 Å². The standard InChI is InChI=1S/C18H25N/c1-3-5-8-15(4-2)13-18(14-19)12-11-16-9-6-7-10-17(16)18/h6-7,9-10,15H,3-5,8,11-13H2,1-2H3. The lowest BCUT2D eigenvalue weighted by Gasteiger charge is -2.27. The van der Waals surface area contributed by atoms with Gasteiger partial charge in [-0.15, -0.1) is 0 Å². The van der Waals surface area contributed by atoms with Gasteiger partial charge in [-0.05, 0) is 36.3 Å². The molecule has 0 aliphatic heterocycles. The lowest BCUT2D eigenvalue weighted by Crippen LogP contribution is -2.24. The van der Waals surface area contributed by atoms with Crippen molar-refractivity contribution in [2.24, 2.45) is 5.92 Å². The minimum absolute atomic E-state index is 0.203. The van der Waals surface area contributed by atoms with Crippen molar-refractivity contribution < 1.29 is 0 Å². The van der Waals surface area contributed by atoms with E-state index >= 15 is 0 Å². The Morgan fingerprint density at radius 1 is 1.32 bits per heavy atom. The number of nitriles is 1. The Bertz CT molecular complexity index is 457. The first-order valence-electron chi connectivity index (χ1n) is 7.75. The minimum atomic E-state index is -0.203. The van der Waals surface area contributed by atoms with Crippen LogP contribution >= 0.6 is 0 Å². The third kappa shape index (κ3) is 2.84. The summed E-state index contributed by atoms with van der Waals surface area (Å²) in [5.41, 5.74) is 2.51. The molecule has 2 atom stereocenters. The summed E-state index contributed by atoms with van der Waals surface area (Å²) < 4.78 is 0. The Morgan fingerprint density at radius 3 is 2.79 bits per heavy atom. The molecule has 19 heavy (non-hydrogen) atoms. The smallest absolute Gasteiger partial charge is 0.0830 e. The van der Waals surface area contributed by atoms with Crippen molar-refractivity contribution in [1.82, 2.24) is 0 Å². The Morgan fingerprint density at radius 2 is 2.11 bits per heavy atom. The van der Waals surface area contributed by atoms with Crippen LogP contribution in [0.2, 0.25) is 0 Å². The zero-order valence-electron chi connectivity index (χ0n) is 12.3. The monoisotopic (exact) mass is 255 g/mol. The molecule has 1 nitrogen and oxygen atoms in total. The van der Waals surface area contributed by atoms with Crippen molar-refractivity contribution >= 4 is 0 Å². The lowest BCUT2D eigenvalue weighted by atomic mass is 9.74. The number of hydrogen-bond donors (Lipinski definition) is 0. The molecule has 2 rings (SSSR count). The van der Waals surface area contributed by atoms with Gasteiger partial charge in [0.1, 0.15) is 0 Å². The first-order chi connectivity index (χ1) is 9.25. The fraction of sp³-hybridized carbons (Fsp3) is 0.611. The summed E-state index contributed by atoms with van der Waals surface area (Å²) in [6.45, 7) is 4.52. The summed E-state index contributed by atoms with van der Waals surface area (Å²) in [6.07, 6.45) is 8.18. The molecule has 0 saturated carbocycles. The molecule has 2 unspecified atom stereocenters. The molecule has 0 N–H and O–H groups in total. The number of benzene rings is 1. The van der Waals surface area contributed by atoms with Crippen LogP contribution in [0.1, 0.15) is 63.5 Å². The van der Waals surface area contributed by atoms with Crippen LogP contribution in [0.25, 0.3) is 0 Å². The summed E-state index contributed by atoms with van der Waals surface area (Å²) in [5, 5.41) is 9.78. The van der Waals surface area contributed by atoms with Crippen molar-refractivity contribution in [1.29, 1.82) is 5.26 Å². The average Bonchev–Trinajstić information content (AvgIpc) is 2.83. The zero-order chi connectivity index (χ0) is 13.7. The van der Waals surface area contributed by atoms with Crippen LogP contribution in [0.5, 0.6) is 0 Å². The maximum Gasteiger partial charge on any atom is 0.0830 e. The van der Waals surface area contributed by atoms with Gasteiger partial charge in [0.2, 0.25) is 0 Å². The predicted molar refractivity (Wildman–Crippen MR) is 80.0 cm³/mol. The molecule has 0 aromatic heterocycles. The second kappa shape index (κ2) is 6.24. The van der Waals surface area contributed by atoms with Crippen molar-refractivity contribution in [2.75, 3.05) is 0 Å². The van der Waals surface area contributed by atoms with E-state index in [-0.39, 0.29) is 5.41 Å². The third-order valence-corrected chi connectivity index (χ3v) is 4.75. The van der Waals surface area contributed by atoms with Crippen LogP contribution in [0.15, 0.2) is 24.3 Å². The van der Waals surface area contributed by atoms with Gasteiger partial charge in [-0.1, -0.05) is 63.8 Å². The van der Waals surface area contributed by atoms with E-state index in [4.69, 9.17) is 0 Å². The maximum absolute atomic E-state index is 9.78. The number of hydrogen-bond acceptors (Lipinski definition) is 1. The van der Waals surface area contributed by atoms with Crippen LogP contribution in [0.3, 0.4) is 0 Å². The molecule has 0 saturated heterocycles. The number of rotatable bonds is 6. The van der Waals surface area contributed by atoms with Crippen molar-refractivity contribution in [3.05, 3.63) is 35.4 Å². The summed E-state index contributed by atoms with van der Waals surface area (Å²) >= 11 is 0. The maximum atomic E-state index is 9.78. The molecule has 1 aromatic carbocycles. The van der Waals surface area contributed by atoms with Crippen LogP contribution in [-0.4, -0.2) is 0 Å². The first kappa shape index (κ1) is 14.1. The van der Waals surface area contributed by atoms with Crippen LogP contribution in [0, 0.1) is 17.2 Å². The highest BCUT2D eigenvalue weighted by Crippen LogP contribution is 2.44. The normalized spacial score (nSPS) is 22.8. The van der Waals surface area contributed by atoms with E-state index in [1.165, 1.54) is 36.8 Å². The van der Waals surface area contributed by atoms with Gasteiger partial charge < -0.3 is 0 Å². The largest absolute Gasteiger partial charge is 0.197 e.